The van der Waals surface area contributed by atoms with Gasteiger partial charge in [-0.15, -0.1) is 0 Å². The molecule has 2 saturated carbocycles. The van der Waals surface area contributed by atoms with Crippen LogP contribution in [0.15, 0.2) is 53.6 Å². The van der Waals surface area contributed by atoms with E-state index in [9.17, 15) is 29.4 Å². The van der Waals surface area contributed by atoms with Crippen LogP contribution in [0.25, 0.3) is 0 Å². The highest BCUT2D eigenvalue weighted by Gasteiger charge is 2.69. The number of aliphatic hydroxyl groups excluding tert-OH is 1. The highest BCUT2D eigenvalue weighted by atomic mass is 16.6. The van der Waals surface area contributed by atoms with Crippen LogP contribution in [0.3, 0.4) is 0 Å². The van der Waals surface area contributed by atoms with Gasteiger partial charge in [0, 0.05) is 39.0 Å². The lowest BCUT2D eigenvalue weighted by Crippen LogP contribution is -2.60. The lowest BCUT2D eigenvalue weighted by Gasteiger charge is -2.53. The zero-order valence-electron chi connectivity index (χ0n) is 25.8. The first-order valence-corrected chi connectivity index (χ1v) is 14.5. The highest BCUT2D eigenvalue weighted by Crippen LogP contribution is 2.65. The quantitative estimate of drug-likeness (QED) is 0.281. The van der Waals surface area contributed by atoms with Gasteiger partial charge in [0.2, 0.25) is 0 Å². The van der Waals surface area contributed by atoms with Crippen LogP contribution in [0.2, 0.25) is 0 Å². The van der Waals surface area contributed by atoms with Gasteiger partial charge in [-0.3, -0.25) is 14.4 Å². The molecule has 0 radical (unpaired) electrons. The van der Waals surface area contributed by atoms with E-state index in [0.717, 1.165) is 0 Å². The Balaban J connectivity index is 2.07. The van der Waals surface area contributed by atoms with E-state index in [1.54, 1.807) is 58.0 Å². The van der Waals surface area contributed by atoms with Gasteiger partial charge >= 0.3 is 23.9 Å². The summed E-state index contributed by atoms with van der Waals surface area (Å²) in [5.74, 6) is -3.22. The molecule has 0 aromatic heterocycles. The fraction of sp³-hybridized carbons (Fsp3) is 0.576. The number of esters is 4. The summed E-state index contributed by atoms with van der Waals surface area (Å²) in [5, 5.41) is 23.1. The van der Waals surface area contributed by atoms with Crippen LogP contribution in [0, 0.1) is 16.7 Å². The zero-order valence-corrected chi connectivity index (χ0v) is 25.8. The SMILES string of the molecule is C=C1C(O)CC(OC(C)=O)[C@@]2(C)C(OC(=O)c3ccccc3)C(OC(C)=O)C3=C(C)C(OC(C)=O)C[C@]3(C(C)(C)O)C[C@H]12. The first kappa shape index (κ1) is 32.4. The van der Waals surface area contributed by atoms with E-state index >= 15 is 0 Å². The molecule has 10 nitrogen and oxygen atoms in total. The number of aliphatic hydroxyl groups is 2. The first-order valence-electron chi connectivity index (χ1n) is 14.5. The number of carbonyl (C=O) groups is 4. The van der Waals surface area contributed by atoms with Crippen molar-refractivity contribution in [3.05, 3.63) is 59.2 Å². The molecule has 3 aliphatic rings. The molecule has 0 bridgehead atoms. The van der Waals surface area contributed by atoms with Crippen molar-refractivity contribution in [1.82, 2.24) is 0 Å². The maximum absolute atomic E-state index is 13.7. The molecule has 2 N–H and O–H groups in total. The van der Waals surface area contributed by atoms with Crippen LogP contribution in [-0.2, 0) is 33.3 Å². The number of ether oxygens (including phenoxy) is 4. The Labute approximate surface area is 252 Å². The molecule has 4 rings (SSSR count). The van der Waals surface area contributed by atoms with Crippen molar-refractivity contribution < 1.29 is 48.3 Å². The number of benzene rings is 1. The summed E-state index contributed by atoms with van der Waals surface area (Å²) in [6.07, 6.45) is -5.10. The van der Waals surface area contributed by atoms with Crippen LogP contribution in [0.5, 0.6) is 0 Å². The van der Waals surface area contributed by atoms with Crippen molar-refractivity contribution in [2.75, 3.05) is 0 Å². The molecule has 2 fully saturated rings. The average molecular weight is 599 g/mol. The molecular formula is C33H42O10. The van der Waals surface area contributed by atoms with Crippen LogP contribution >= 0.6 is 0 Å². The predicted molar refractivity (Wildman–Crippen MR) is 154 cm³/mol. The largest absolute Gasteiger partial charge is 0.462 e. The van der Waals surface area contributed by atoms with Gasteiger partial charge in [0.1, 0.15) is 12.2 Å². The van der Waals surface area contributed by atoms with Gasteiger partial charge in [0.25, 0.3) is 0 Å². The zero-order chi connectivity index (χ0) is 32.1. The maximum Gasteiger partial charge on any atom is 0.338 e. The average Bonchev–Trinajstić information content (AvgIpc) is 3.13. The van der Waals surface area contributed by atoms with Crippen molar-refractivity contribution >= 4 is 23.9 Å². The summed E-state index contributed by atoms with van der Waals surface area (Å²) in [6.45, 7) is 14.8. The predicted octanol–water partition coefficient (Wildman–Crippen LogP) is 3.83. The van der Waals surface area contributed by atoms with Crippen LogP contribution < -0.4 is 0 Å². The Kier molecular flexibility index (Phi) is 8.70. The topological polar surface area (TPSA) is 146 Å². The second-order valence-corrected chi connectivity index (χ2v) is 12.8. The summed E-state index contributed by atoms with van der Waals surface area (Å²) in [4.78, 5) is 51.1. The third-order valence-corrected chi connectivity index (χ3v) is 9.76. The van der Waals surface area contributed by atoms with E-state index < -0.39 is 76.7 Å². The van der Waals surface area contributed by atoms with Crippen molar-refractivity contribution in [1.29, 1.82) is 0 Å². The number of carbonyl (C=O) groups excluding carboxylic acids is 4. The summed E-state index contributed by atoms with van der Waals surface area (Å²) in [6, 6.07) is 8.30. The summed E-state index contributed by atoms with van der Waals surface area (Å²) in [5.41, 5.74) is -2.29. The molecule has 0 amide bonds. The van der Waals surface area contributed by atoms with Crippen LogP contribution in [0.4, 0.5) is 0 Å². The van der Waals surface area contributed by atoms with Crippen LogP contribution in [0.1, 0.15) is 78.1 Å². The Morgan fingerprint density at radius 1 is 0.930 bits per heavy atom. The van der Waals surface area contributed by atoms with Gasteiger partial charge in [-0.05, 0) is 62.0 Å². The molecular weight excluding hydrogens is 556 g/mol. The standard InChI is InChI=1S/C33H42O10/c1-17-23-15-33(31(6,7)39)16-25(40-19(3)34)18(2)27(33)28(42-21(5)36)29(43-30(38)22-12-10-9-11-13-22)32(23,8)26(14-24(17)37)41-20(4)35/h9-13,23-26,28-29,37,39H,1,14-16H2,2-8H3/t23-,24?,25?,26?,28?,29?,32+,33-/m1/s1. The smallest absolute Gasteiger partial charge is 0.338 e. The highest BCUT2D eigenvalue weighted by molar-refractivity contribution is 5.89. The Bertz CT molecular complexity index is 1340. The molecule has 43 heavy (non-hydrogen) atoms. The van der Waals surface area contributed by atoms with E-state index in [1.165, 1.54) is 20.8 Å². The lowest BCUT2D eigenvalue weighted by atomic mass is 9.56. The van der Waals surface area contributed by atoms with Gasteiger partial charge < -0.3 is 29.2 Å². The van der Waals surface area contributed by atoms with Gasteiger partial charge in [-0.25, -0.2) is 4.79 Å². The summed E-state index contributed by atoms with van der Waals surface area (Å²) >= 11 is 0. The van der Waals surface area contributed by atoms with Crippen LogP contribution in [-0.4, -0.2) is 70.2 Å². The normalized spacial score (nSPS) is 33.9. The molecule has 8 atom stereocenters. The second kappa shape index (κ2) is 11.5. The van der Waals surface area contributed by atoms with E-state index in [0.29, 0.717) is 16.7 Å². The summed E-state index contributed by atoms with van der Waals surface area (Å²) < 4.78 is 23.9. The van der Waals surface area contributed by atoms with Crippen molar-refractivity contribution in [3.8, 4) is 0 Å². The second-order valence-electron chi connectivity index (χ2n) is 12.8. The van der Waals surface area contributed by atoms with Crippen molar-refractivity contribution in [2.45, 2.75) is 104 Å². The van der Waals surface area contributed by atoms with Gasteiger partial charge in [-0.1, -0.05) is 31.7 Å². The molecule has 0 aliphatic heterocycles. The number of hydrogen-bond acceptors (Lipinski definition) is 10. The van der Waals surface area contributed by atoms with E-state index in [4.69, 9.17) is 18.9 Å². The molecule has 234 valence electrons. The van der Waals surface area contributed by atoms with Gasteiger partial charge in [-0.2, -0.15) is 0 Å². The summed E-state index contributed by atoms with van der Waals surface area (Å²) in [7, 11) is 0. The molecule has 5 unspecified atom stereocenters. The van der Waals surface area contributed by atoms with Gasteiger partial charge in [0.05, 0.1) is 22.7 Å². The number of fused-ring (bicyclic) bond motifs is 2. The number of rotatable bonds is 6. The third kappa shape index (κ3) is 5.62. The van der Waals surface area contributed by atoms with Crippen molar-refractivity contribution in [3.63, 3.8) is 0 Å². The van der Waals surface area contributed by atoms with E-state index in [-0.39, 0.29) is 24.8 Å². The minimum absolute atomic E-state index is 0.0266. The fourth-order valence-electron chi connectivity index (χ4n) is 7.62. The fourth-order valence-corrected chi connectivity index (χ4v) is 7.62. The van der Waals surface area contributed by atoms with Crippen molar-refractivity contribution in [2.24, 2.45) is 16.7 Å². The molecule has 1 aromatic carbocycles. The minimum Gasteiger partial charge on any atom is -0.462 e. The molecule has 0 spiro atoms. The molecule has 0 saturated heterocycles. The maximum atomic E-state index is 13.7. The Morgan fingerprint density at radius 2 is 1.51 bits per heavy atom. The monoisotopic (exact) mass is 598 g/mol. The number of hydrogen-bond donors (Lipinski definition) is 2. The molecule has 3 aliphatic carbocycles. The molecule has 0 heterocycles. The third-order valence-electron chi connectivity index (χ3n) is 9.76. The Hall–Kier alpha value is -3.50. The Morgan fingerprint density at radius 3 is 2.05 bits per heavy atom. The molecule has 1 aromatic rings. The first-order chi connectivity index (χ1) is 19.9. The lowest BCUT2D eigenvalue weighted by molar-refractivity contribution is -0.188. The van der Waals surface area contributed by atoms with Gasteiger partial charge in [0.15, 0.2) is 12.2 Å². The van der Waals surface area contributed by atoms with E-state index in [2.05, 4.69) is 6.58 Å². The molecule has 10 heteroatoms. The van der Waals surface area contributed by atoms with E-state index in [1.807, 2.05) is 0 Å². The minimum atomic E-state index is -1.49.